The fraction of sp³-hybridized carbons (Fsp3) is 0.500. The number of hydrogen-bond donors (Lipinski definition) is 0. The lowest BCUT2D eigenvalue weighted by molar-refractivity contribution is -0.127. The Hall–Kier alpha value is -1.58. The van der Waals surface area contributed by atoms with E-state index in [0.717, 1.165) is 12.8 Å². The molecule has 0 aliphatic heterocycles. The third kappa shape index (κ3) is 5.34. The zero-order chi connectivity index (χ0) is 12.6. The predicted molar refractivity (Wildman–Crippen MR) is 64.4 cm³/mol. The lowest BCUT2D eigenvalue weighted by Crippen LogP contribution is -2.26. The molecule has 0 bridgehead atoms. The highest BCUT2D eigenvalue weighted by Crippen LogP contribution is 2.00. The first-order valence-electron chi connectivity index (χ1n) is 5.32. The van der Waals surface area contributed by atoms with Gasteiger partial charge >= 0.3 is 0 Å². The molecule has 0 atom stereocenters. The Labute approximate surface area is 97.2 Å². The second-order valence-corrected chi connectivity index (χ2v) is 3.50. The molecule has 4 heteroatoms. The van der Waals surface area contributed by atoms with E-state index in [1.54, 1.807) is 9.80 Å². The van der Waals surface area contributed by atoms with Gasteiger partial charge in [-0.05, 0) is 25.2 Å². The number of amides is 2. The zero-order valence-corrected chi connectivity index (χ0v) is 10.1. The highest BCUT2D eigenvalue weighted by atomic mass is 16.2. The van der Waals surface area contributed by atoms with Crippen LogP contribution in [0.5, 0.6) is 0 Å². The van der Waals surface area contributed by atoms with Gasteiger partial charge in [-0.15, -0.1) is 0 Å². The SMILES string of the molecule is C=CN(CCCCN(C=C)C(C)=O)C(C)=O. The fourth-order valence-corrected chi connectivity index (χ4v) is 1.32. The summed E-state index contributed by atoms with van der Waals surface area (Å²) in [4.78, 5) is 25.2. The van der Waals surface area contributed by atoms with E-state index >= 15 is 0 Å². The number of carbonyl (C=O) groups is 2. The van der Waals surface area contributed by atoms with Gasteiger partial charge in [-0.25, -0.2) is 0 Å². The molecule has 0 spiro atoms. The maximum absolute atomic E-state index is 11.0. The van der Waals surface area contributed by atoms with Crippen LogP contribution in [0, 0.1) is 0 Å². The normalized spacial score (nSPS) is 9.38. The molecule has 16 heavy (non-hydrogen) atoms. The molecule has 0 saturated heterocycles. The van der Waals surface area contributed by atoms with Crippen LogP contribution in [0.3, 0.4) is 0 Å². The molecule has 0 aromatic carbocycles. The number of unbranched alkanes of at least 4 members (excludes halogenated alkanes) is 1. The highest BCUT2D eigenvalue weighted by Gasteiger charge is 2.06. The second kappa shape index (κ2) is 7.68. The third-order valence-electron chi connectivity index (χ3n) is 2.30. The van der Waals surface area contributed by atoms with E-state index in [2.05, 4.69) is 13.2 Å². The van der Waals surface area contributed by atoms with Crippen molar-refractivity contribution in [1.29, 1.82) is 0 Å². The molecule has 4 nitrogen and oxygen atoms in total. The summed E-state index contributed by atoms with van der Waals surface area (Å²) in [5.41, 5.74) is 0. The second-order valence-electron chi connectivity index (χ2n) is 3.50. The van der Waals surface area contributed by atoms with Crippen LogP contribution in [-0.4, -0.2) is 34.7 Å². The summed E-state index contributed by atoms with van der Waals surface area (Å²) in [6.07, 6.45) is 4.73. The number of carbonyl (C=O) groups excluding carboxylic acids is 2. The van der Waals surface area contributed by atoms with E-state index in [0.29, 0.717) is 13.1 Å². The predicted octanol–water partition coefficient (Wildman–Crippen LogP) is 1.75. The van der Waals surface area contributed by atoms with Crippen molar-refractivity contribution in [2.45, 2.75) is 26.7 Å². The molecule has 0 aliphatic carbocycles. The minimum absolute atomic E-state index is 0.0119. The molecule has 0 unspecified atom stereocenters. The smallest absolute Gasteiger partial charge is 0.223 e. The molecule has 0 N–H and O–H groups in total. The van der Waals surface area contributed by atoms with Gasteiger partial charge in [-0.2, -0.15) is 0 Å². The monoisotopic (exact) mass is 224 g/mol. The van der Waals surface area contributed by atoms with Crippen LogP contribution in [0.4, 0.5) is 0 Å². The Balaban J connectivity index is 3.82. The Bertz CT molecular complexity index is 246. The molecule has 0 fully saturated rings. The Morgan fingerprint density at radius 3 is 1.44 bits per heavy atom. The lowest BCUT2D eigenvalue weighted by atomic mass is 10.2. The summed E-state index contributed by atoms with van der Waals surface area (Å²) in [5, 5.41) is 0. The van der Waals surface area contributed by atoms with E-state index in [9.17, 15) is 9.59 Å². The molecule has 0 aromatic heterocycles. The molecule has 0 rings (SSSR count). The first-order valence-corrected chi connectivity index (χ1v) is 5.32. The molecule has 0 aliphatic rings. The molecule has 2 amide bonds. The van der Waals surface area contributed by atoms with Crippen molar-refractivity contribution in [1.82, 2.24) is 9.80 Å². The highest BCUT2D eigenvalue weighted by molar-refractivity contribution is 5.74. The molecule has 0 heterocycles. The minimum atomic E-state index is -0.0119. The van der Waals surface area contributed by atoms with E-state index in [1.807, 2.05) is 0 Å². The number of rotatable bonds is 7. The third-order valence-corrected chi connectivity index (χ3v) is 2.30. The van der Waals surface area contributed by atoms with Crippen LogP contribution >= 0.6 is 0 Å². The van der Waals surface area contributed by atoms with Crippen molar-refractivity contribution in [3.8, 4) is 0 Å². The van der Waals surface area contributed by atoms with Crippen molar-refractivity contribution < 1.29 is 9.59 Å². The molecule has 90 valence electrons. The quantitative estimate of drug-likeness (QED) is 0.618. The van der Waals surface area contributed by atoms with E-state index in [-0.39, 0.29) is 11.8 Å². The molecular formula is C12H20N2O2. The van der Waals surface area contributed by atoms with Gasteiger partial charge in [0.05, 0.1) is 0 Å². The summed E-state index contributed by atoms with van der Waals surface area (Å²) in [6, 6.07) is 0. The molecular weight excluding hydrogens is 204 g/mol. The van der Waals surface area contributed by atoms with Crippen LogP contribution in [0.15, 0.2) is 25.6 Å². The molecule has 0 saturated carbocycles. The van der Waals surface area contributed by atoms with Gasteiger partial charge in [0.25, 0.3) is 0 Å². The number of nitrogens with zero attached hydrogens (tertiary/aromatic N) is 2. The maximum atomic E-state index is 11.0. The van der Waals surface area contributed by atoms with Crippen LogP contribution < -0.4 is 0 Å². The molecule has 0 aromatic rings. The first kappa shape index (κ1) is 14.4. The van der Waals surface area contributed by atoms with Gasteiger partial charge in [-0.1, -0.05) is 13.2 Å². The summed E-state index contributed by atoms with van der Waals surface area (Å²) in [6.45, 7) is 11.4. The van der Waals surface area contributed by atoms with Crippen LogP contribution in [0.2, 0.25) is 0 Å². The topological polar surface area (TPSA) is 40.6 Å². The maximum Gasteiger partial charge on any atom is 0.223 e. The van der Waals surface area contributed by atoms with Crippen molar-refractivity contribution in [2.75, 3.05) is 13.1 Å². The Morgan fingerprint density at radius 1 is 0.938 bits per heavy atom. The van der Waals surface area contributed by atoms with Gasteiger partial charge in [0, 0.05) is 26.9 Å². The average Bonchev–Trinajstić information content (AvgIpc) is 2.22. The van der Waals surface area contributed by atoms with Crippen LogP contribution in [0.1, 0.15) is 26.7 Å². The van der Waals surface area contributed by atoms with Gasteiger partial charge in [0.2, 0.25) is 11.8 Å². The van der Waals surface area contributed by atoms with Crippen molar-refractivity contribution in [2.24, 2.45) is 0 Å². The Morgan fingerprint density at radius 2 is 1.25 bits per heavy atom. The molecule has 0 radical (unpaired) electrons. The van der Waals surface area contributed by atoms with E-state index in [4.69, 9.17) is 0 Å². The van der Waals surface area contributed by atoms with Gasteiger partial charge in [-0.3, -0.25) is 9.59 Å². The van der Waals surface area contributed by atoms with Crippen molar-refractivity contribution in [3.05, 3.63) is 25.6 Å². The van der Waals surface area contributed by atoms with Crippen molar-refractivity contribution in [3.63, 3.8) is 0 Å². The van der Waals surface area contributed by atoms with E-state index in [1.165, 1.54) is 26.2 Å². The van der Waals surface area contributed by atoms with Gasteiger partial charge in [0.15, 0.2) is 0 Å². The largest absolute Gasteiger partial charge is 0.320 e. The van der Waals surface area contributed by atoms with Crippen LogP contribution in [0.25, 0.3) is 0 Å². The zero-order valence-electron chi connectivity index (χ0n) is 10.1. The van der Waals surface area contributed by atoms with Crippen LogP contribution in [-0.2, 0) is 9.59 Å². The lowest BCUT2D eigenvalue weighted by Gasteiger charge is -2.18. The van der Waals surface area contributed by atoms with Gasteiger partial charge < -0.3 is 9.80 Å². The van der Waals surface area contributed by atoms with Gasteiger partial charge in [0.1, 0.15) is 0 Å². The minimum Gasteiger partial charge on any atom is -0.320 e. The van der Waals surface area contributed by atoms with Crippen molar-refractivity contribution >= 4 is 11.8 Å². The summed E-state index contributed by atoms with van der Waals surface area (Å²) >= 11 is 0. The summed E-state index contributed by atoms with van der Waals surface area (Å²) in [7, 11) is 0. The first-order chi connectivity index (χ1) is 7.52. The fourth-order valence-electron chi connectivity index (χ4n) is 1.32. The summed E-state index contributed by atoms with van der Waals surface area (Å²) < 4.78 is 0. The average molecular weight is 224 g/mol. The van der Waals surface area contributed by atoms with E-state index < -0.39 is 0 Å². The Kier molecular flexibility index (Phi) is 6.92. The number of hydrogen-bond acceptors (Lipinski definition) is 2. The summed E-state index contributed by atoms with van der Waals surface area (Å²) in [5.74, 6) is -0.0238. The standard InChI is InChI=1S/C12H20N2O2/c1-5-13(11(3)15)9-7-8-10-14(6-2)12(4)16/h5-6H,1-2,7-10H2,3-4H3.